The van der Waals surface area contributed by atoms with Gasteiger partial charge >= 0.3 is 0 Å². The Morgan fingerprint density at radius 3 is 2.65 bits per heavy atom. The number of thiophene rings is 1. The van der Waals surface area contributed by atoms with Gasteiger partial charge in [0.2, 0.25) is 0 Å². The number of nitrogen functional groups attached to an aromatic ring is 1. The molecule has 1 heterocycles. The van der Waals surface area contributed by atoms with E-state index in [9.17, 15) is 4.79 Å². The van der Waals surface area contributed by atoms with Gasteiger partial charge in [-0.05, 0) is 25.7 Å². The molecule has 0 amide bonds. The average Bonchev–Trinajstić information content (AvgIpc) is 3.17. The molecule has 0 saturated heterocycles. The van der Waals surface area contributed by atoms with E-state index in [-0.39, 0.29) is 11.7 Å². The molecule has 3 rings (SSSR count). The lowest BCUT2D eigenvalue weighted by atomic mass is 10.2. The first-order valence-electron chi connectivity index (χ1n) is 5.97. The Hall–Kier alpha value is -1.23. The normalized spacial score (nSPS) is 19.1. The maximum Gasteiger partial charge on any atom is 0.178 e. The van der Waals surface area contributed by atoms with Crippen LogP contribution in [0.2, 0.25) is 0 Å². The van der Waals surface area contributed by atoms with Crippen molar-refractivity contribution < 1.29 is 9.53 Å². The molecule has 4 nitrogen and oxygen atoms in total. The molecular weight excluding hydrogens is 236 g/mol. The summed E-state index contributed by atoms with van der Waals surface area (Å²) in [6, 6.07) is 0.533. The Morgan fingerprint density at radius 1 is 1.41 bits per heavy atom. The number of rotatable bonds is 5. The Labute approximate surface area is 104 Å². The highest BCUT2D eigenvalue weighted by Gasteiger charge is 2.35. The number of hydrogen-bond acceptors (Lipinski definition) is 5. The topological polar surface area (TPSA) is 64.3 Å². The van der Waals surface area contributed by atoms with Crippen LogP contribution in [0.5, 0.6) is 5.75 Å². The maximum absolute atomic E-state index is 12.1. The van der Waals surface area contributed by atoms with Crippen molar-refractivity contribution in [3.05, 3.63) is 4.88 Å². The molecule has 2 aliphatic carbocycles. The van der Waals surface area contributed by atoms with Gasteiger partial charge in [0.05, 0.1) is 17.7 Å². The molecule has 0 spiro atoms. The molecule has 5 heteroatoms. The molecule has 0 aliphatic heterocycles. The van der Waals surface area contributed by atoms with Gasteiger partial charge in [0.15, 0.2) is 11.5 Å². The van der Waals surface area contributed by atoms with Crippen molar-refractivity contribution >= 4 is 27.8 Å². The van der Waals surface area contributed by atoms with Gasteiger partial charge in [-0.2, -0.15) is 0 Å². The molecule has 17 heavy (non-hydrogen) atoms. The standard InChI is InChI=1S/C12H16N2O2S/c1-16-10-8(13)11(9(15)6-2-3-6)17-12(10)14-7-4-5-7/h6-7,14H,2-5,13H2,1H3. The van der Waals surface area contributed by atoms with Crippen molar-refractivity contribution in [3.8, 4) is 5.75 Å². The van der Waals surface area contributed by atoms with Gasteiger partial charge in [0.1, 0.15) is 5.00 Å². The van der Waals surface area contributed by atoms with Crippen LogP contribution in [0.1, 0.15) is 35.4 Å². The molecule has 0 radical (unpaired) electrons. The summed E-state index contributed by atoms with van der Waals surface area (Å²) < 4.78 is 5.31. The van der Waals surface area contributed by atoms with Gasteiger partial charge in [0.25, 0.3) is 0 Å². The maximum atomic E-state index is 12.1. The van der Waals surface area contributed by atoms with Crippen LogP contribution in [0, 0.1) is 5.92 Å². The van der Waals surface area contributed by atoms with E-state index < -0.39 is 0 Å². The summed E-state index contributed by atoms with van der Waals surface area (Å²) in [4.78, 5) is 12.7. The summed E-state index contributed by atoms with van der Waals surface area (Å²) in [7, 11) is 1.60. The van der Waals surface area contributed by atoms with Crippen molar-refractivity contribution in [1.29, 1.82) is 0 Å². The van der Waals surface area contributed by atoms with Gasteiger partial charge in [-0.25, -0.2) is 0 Å². The zero-order chi connectivity index (χ0) is 12.0. The molecule has 3 N–H and O–H groups in total. The minimum absolute atomic E-state index is 0.189. The van der Waals surface area contributed by atoms with Crippen LogP contribution < -0.4 is 15.8 Å². The minimum atomic E-state index is 0.189. The lowest BCUT2D eigenvalue weighted by Gasteiger charge is -2.04. The number of hydrogen-bond donors (Lipinski definition) is 2. The SMILES string of the molecule is COc1c(NC2CC2)sc(C(=O)C2CC2)c1N. The van der Waals surface area contributed by atoms with Crippen molar-refractivity contribution in [3.63, 3.8) is 0 Å². The van der Waals surface area contributed by atoms with E-state index in [4.69, 9.17) is 10.5 Å². The molecule has 2 aliphatic rings. The van der Waals surface area contributed by atoms with Gasteiger partial charge in [-0.3, -0.25) is 4.79 Å². The number of carbonyl (C=O) groups excluding carboxylic acids is 1. The van der Waals surface area contributed by atoms with Crippen LogP contribution >= 0.6 is 11.3 Å². The largest absolute Gasteiger partial charge is 0.492 e. The van der Waals surface area contributed by atoms with E-state index in [2.05, 4.69) is 5.32 Å². The van der Waals surface area contributed by atoms with Gasteiger partial charge in [0, 0.05) is 12.0 Å². The molecule has 2 saturated carbocycles. The molecule has 1 aromatic heterocycles. The summed E-state index contributed by atoms with van der Waals surface area (Å²) in [5.74, 6) is 1.04. The molecule has 0 unspecified atom stereocenters. The summed E-state index contributed by atoms with van der Waals surface area (Å²) >= 11 is 1.44. The van der Waals surface area contributed by atoms with Gasteiger partial charge in [-0.15, -0.1) is 11.3 Å². The third-order valence-electron chi connectivity index (χ3n) is 3.19. The number of ether oxygens (including phenoxy) is 1. The molecule has 0 atom stereocenters. The third-order valence-corrected chi connectivity index (χ3v) is 4.32. The zero-order valence-corrected chi connectivity index (χ0v) is 10.6. The molecular formula is C12H16N2O2S. The highest BCUT2D eigenvalue weighted by atomic mass is 32.1. The lowest BCUT2D eigenvalue weighted by Crippen LogP contribution is -2.02. The van der Waals surface area contributed by atoms with Crippen molar-refractivity contribution in [2.75, 3.05) is 18.2 Å². The van der Waals surface area contributed by atoms with Crippen LogP contribution in [0.15, 0.2) is 0 Å². The van der Waals surface area contributed by atoms with Gasteiger partial charge in [-0.1, -0.05) is 0 Å². The van der Waals surface area contributed by atoms with Crippen molar-refractivity contribution in [1.82, 2.24) is 0 Å². The Balaban J connectivity index is 1.91. The van der Waals surface area contributed by atoms with E-state index in [1.54, 1.807) is 7.11 Å². The predicted octanol–water partition coefficient (Wildman–Crippen LogP) is 2.51. The quantitative estimate of drug-likeness (QED) is 0.790. The molecule has 1 aromatic rings. The van der Waals surface area contributed by atoms with E-state index in [1.165, 1.54) is 24.2 Å². The number of ketones is 1. The van der Waals surface area contributed by atoms with Crippen molar-refractivity contribution in [2.45, 2.75) is 31.7 Å². The van der Waals surface area contributed by atoms with E-state index in [0.717, 1.165) is 17.8 Å². The molecule has 0 bridgehead atoms. The van der Waals surface area contributed by atoms with Crippen LogP contribution in [0.25, 0.3) is 0 Å². The second-order valence-electron chi connectivity index (χ2n) is 4.76. The van der Waals surface area contributed by atoms with Crippen molar-refractivity contribution in [2.24, 2.45) is 5.92 Å². The van der Waals surface area contributed by atoms with E-state index in [1.807, 2.05) is 0 Å². The van der Waals surface area contributed by atoms with Gasteiger partial charge < -0.3 is 15.8 Å². The Morgan fingerprint density at radius 2 is 2.12 bits per heavy atom. The zero-order valence-electron chi connectivity index (χ0n) is 9.79. The number of methoxy groups -OCH3 is 1. The smallest absolute Gasteiger partial charge is 0.178 e. The first-order chi connectivity index (χ1) is 8.20. The minimum Gasteiger partial charge on any atom is -0.492 e. The highest BCUT2D eigenvalue weighted by Crippen LogP contribution is 2.47. The number of anilines is 2. The first kappa shape index (κ1) is 10.9. The molecule has 2 fully saturated rings. The number of nitrogens with one attached hydrogen (secondary N) is 1. The fourth-order valence-electron chi connectivity index (χ4n) is 1.85. The van der Waals surface area contributed by atoms with Crippen LogP contribution in [0.3, 0.4) is 0 Å². The Bertz CT molecular complexity index is 461. The van der Waals surface area contributed by atoms with Crippen LogP contribution in [0.4, 0.5) is 10.7 Å². The summed E-state index contributed by atoms with van der Waals surface area (Å²) in [5.41, 5.74) is 6.51. The first-order valence-corrected chi connectivity index (χ1v) is 6.79. The third kappa shape index (κ3) is 1.99. The number of Topliss-reactive ketones (excluding diaryl/α,β-unsaturated/α-hetero) is 1. The monoisotopic (exact) mass is 252 g/mol. The molecule has 0 aromatic carbocycles. The Kier molecular flexibility index (Phi) is 2.50. The summed E-state index contributed by atoms with van der Waals surface area (Å²) in [5, 5.41) is 4.29. The van der Waals surface area contributed by atoms with Crippen LogP contribution in [-0.2, 0) is 0 Å². The van der Waals surface area contributed by atoms with E-state index >= 15 is 0 Å². The number of nitrogens with two attached hydrogens (primary N) is 1. The fourth-order valence-corrected chi connectivity index (χ4v) is 3.04. The summed E-state index contributed by atoms with van der Waals surface area (Å²) in [6.45, 7) is 0. The fraction of sp³-hybridized carbons (Fsp3) is 0.583. The second kappa shape index (κ2) is 3.91. The highest BCUT2D eigenvalue weighted by molar-refractivity contribution is 7.19. The van der Waals surface area contributed by atoms with E-state index in [0.29, 0.717) is 22.4 Å². The average molecular weight is 252 g/mol. The molecule has 92 valence electrons. The summed E-state index contributed by atoms with van der Waals surface area (Å²) in [6.07, 6.45) is 4.38. The lowest BCUT2D eigenvalue weighted by molar-refractivity contribution is 0.0972. The predicted molar refractivity (Wildman–Crippen MR) is 69.0 cm³/mol. The van der Waals surface area contributed by atoms with Crippen LogP contribution in [-0.4, -0.2) is 18.9 Å². The second-order valence-corrected chi connectivity index (χ2v) is 5.78. The number of carbonyl (C=O) groups is 1.